The van der Waals surface area contributed by atoms with Crippen LogP contribution in [0.3, 0.4) is 0 Å². The first kappa shape index (κ1) is 15.8. The van der Waals surface area contributed by atoms with Crippen molar-refractivity contribution in [3.8, 4) is 0 Å². The average molecular weight is 352 g/mol. The largest absolute Gasteiger partial charge is 0.382 e. The van der Waals surface area contributed by atoms with Crippen LogP contribution in [0.1, 0.15) is 5.56 Å². The number of rotatable bonds is 3. The van der Waals surface area contributed by atoms with E-state index in [-0.39, 0.29) is 11.5 Å². The molecule has 0 aliphatic heterocycles. The lowest BCUT2D eigenvalue weighted by Crippen LogP contribution is -2.15. The SMILES string of the molecule is N/N=C(\N)c1ccc2c(c1)nc(Nc1cc(F)cc(F)c1)c1cccn12. The van der Waals surface area contributed by atoms with Crippen LogP contribution in [0.5, 0.6) is 0 Å². The zero-order valence-electron chi connectivity index (χ0n) is 13.4. The van der Waals surface area contributed by atoms with Gasteiger partial charge in [-0.1, -0.05) is 0 Å². The van der Waals surface area contributed by atoms with Crippen LogP contribution in [0, 0.1) is 11.6 Å². The van der Waals surface area contributed by atoms with E-state index in [1.807, 2.05) is 28.8 Å². The van der Waals surface area contributed by atoms with Crippen LogP contribution in [-0.2, 0) is 0 Å². The van der Waals surface area contributed by atoms with Gasteiger partial charge in [0.15, 0.2) is 5.82 Å². The van der Waals surface area contributed by atoms with E-state index in [0.29, 0.717) is 16.9 Å². The number of halogens is 2. The number of hydrogen-bond donors (Lipinski definition) is 3. The Hall–Kier alpha value is -3.68. The molecule has 2 aromatic carbocycles. The molecular weight excluding hydrogens is 338 g/mol. The van der Waals surface area contributed by atoms with Gasteiger partial charge >= 0.3 is 0 Å². The summed E-state index contributed by atoms with van der Waals surface area (Å²) in [6, 6.07) is 12.3. The van der Waals surface area contributed by atoms with Crippen molar-refractivity contribution < 1.29 is 8.78 Å². The highest BCUT2D eigenvalue weighted by molar-refractivity contribution is 6.00. The van der Waals surface area contributed by atoms with Gasteiger partial charge in [-0.2, -0.15) is 5.10 Å². The molecule has 0 aliphatic rings. The van der Waals surface area contributed by atoms with E-state index in [1.165, 1.54) is 12.1 Å². The van der Waals surface area contributed by atoms with Crippen molar-refractivity contribution in [2.24, 2.45) is 16.7 Å². The predicted octanol–water partition coefficient (Wildman–Crippen LogP) is 3.09. The van der Waals surface area contributed by atoms with Crippen LogP contribution in [0.4, 0.5) is 20.3 Å². The van der Waals surface area contributed by atoms with Gasteiger partial charge in [-0.05, 0) is 42.5 Å². The van der Waals surface area contributed by atoms with E-state index in [4.69, 9.17) is 11.6 Å². The van der Waals surface area contributed by atoms with E-state index in [9.17, 15) is 8.78 Å². The van der Waals surface area contributed by atoms with Crippen molar-refractivity contribution in [1.82, 2.24) is 9.38 Å². The van der Waals surface area contributed by atoms with Crippen LogP contribution < -0.4 is 16.9 Å². The minimum atomic E-state index is -0.672. The molecule has 0 saturated carbocycles. The number of hydrazone groups is 1. The van der Waals surface area contributed by atoms with E-state index in [1.54, 1.807) is 12.1 Å². The predicted molar refractivity (Wildman–Crippen MR) is 97.3 cm³/mol. The van der Waals surface area contributed by atoms with Crippen molar-refractivity contribution in [3.05, 3.63) is 71.9 Å². The Morgan fingerprint density at radius 2 is 1.81 bits per heavy atom. The molecule has 5 N–H and O–H groups in total. The van der Waals surface area contributed by atoms with Crippen LogP contribution >= 0.6 is 0 Å². The number of hydrogen-bond acceptors (Lipinski definition) is 4. The zero-order valence-corrected chi connectivity index (χ0v) is 13.4. The second-order valence-corrected chi connectivity index (χ2v) is 5.72. The molecule has 8 heteroatoms. The lowest BCUT2D eigenvalue weighted by molar-refractivity contribution is 0.584. The number of nitrogens with two attached hydrogens (primary N) is 2. The Bertz CT molecular complexity index is 1140. The summed E-state index contributed by atoms with van der Waals surface area (Å²) in [5, 5.41) is 6.46. The monoisotopic (exact) mass is 352 g/mol. The quantitative estimate of drug-likeness (QED) is 0.229. The minimum Gasteiger partial charge on any atom is -0.382 e. The van der Waals surface area contributed by atoms with E-state index >= 15 is 0 Å². The Labute approximate surface area is 146 Å². The molecule has 2 heterocycles. The molecule has 0 spiro atoms. The molecule has 4 rings (SSSR count). The summed E-state index contributed by atoms with van der Waals surface area (Å²) in [5.74, 6) is 4.53. The van der Waals surface area contributed by atoms with Crippen LogP contribution in [-0.4, -0.2) is 15.2 Å². The van der Waals surface area contributed by atoms with Gasteiger partial charge < -0.3 is 21.3 Å². The van der Waals surface area contributed by atoms with E-state index < -0.39 is 11.6 Å². The first-order valence-electron chi connectivity index (χ1n) is 7.73. The lowest BCUT2D eigenvalue weighted by Gasteiger charge is -2.12. The lowest BCUT2D eigenvalue weighted by atomic mass is 10.1. The molecule has 0 amide bonds. The third-order valence-electron chi connectivity index (χ3n) is 4.02. The Balaban J connectivity index is 1.90. The van der Waals surface area contributed by atoms with Crippen LogP contribution in [0.2, 0.25) is 0 Å². The molecular formula is C18H14F2N6. The molecule has 26 heavy (non-hydrogen) atoms. The fraction of sp³-hybridized carbons (Fsp3) is 0. The third-order valence-corrected chi connectivity index (χ3v) is 4.02. The molecule has 0 fully saturated rings. The minimum absolute atomic E-state index is 0.183. The fourth-order valence-electron chi connectivity index (χ4n) is 2.87. The average Bonchev–Trinajstić information content (AvgIpc) is 3.10. The van der Waals surface area contributed by atoms with Gasteiger partial charge in [0.25, 0.3) is 0 Å². The number of anilines is 2. The maximum atomic E-state index is 13.5. The zero-order chi connectivity index (χ0) is 18.3. The highest BCUT2D eigenvalue weighted by atomic mass is 19.1. The number of amidine groups is 1. The van der Waals surface area contributed by atoms with Crippen molar-refractivity contribution in [3.63, 3.8) is 0 Å². The van der Waals surface area contributed by atoms with Gasteiger partial charge in [0.05, 0.1) is 16.6 Å². The van der Waals surface area contributed by atoms with Crippen LogP contribution in [0.25, 0.3) is 16.6 Å². The summed E-state index contributed by atoms with van der Waals surface area (Å²) in [6.07, 6.45) is 1.87. The molecule has 2 aromatic heterocycles. The van der Waals surface area contributed by atoms with Gasteiger partial charge in [0.1, 0.15) is 17.5 Å². The molecule has 0 atom stereocenters. The molecule has 0 aliphatic carbocycles. The summed E-state index contributed by atoms with van der Waals surface area (Å²) in [4.78, 5) is 4.58. The van der Waals surface area contributed by atoms with E-state index in [0.717, 1.165) is 17.1 Å². The summed E-state index contributed by atoms with van der Waals surface area (Å²) >= 11 is 0. The first-order chi connectivity index (χ1) is 12.5. The Morgan fingerprint density at radius 1 is 1.04 bits per heavy atom. The topological polar surface area (TPSA) is 93.7 Å². The fourth-order valence-corrected chi connectivity index (χ4v) is 2.87. The second kappa shape index (κ2) is 5.99. The Morgan fingerprint density at radius 3 is 2.54 bits per heavy atom. The van der Waals surface area contributed by atoms with Gasteiger partial charge in [-0.15, -0.1) is 0 Å². The third kappa shape index (κ3) is 2.67. The van der Waals surface area contributed by atoms with Crippen molar-refractivity contribution >= 4 is 33.9 Å². The molecule has 4 aromatic rings. The number of nitrogens with one attached hydrogen (secondary N) is 1. The van der Waals surface area contributed by atoms with Gasteiger partial charge in [0, 0.05) is 23.5 Å². The van der Waals surface area contributed by atoms with Gasteiger partial charge in [0.2, 0.25) is 0 Å². The number of benzene rings is 2. The first-order valence-corrected chi connectivity index (χ1v) is 7.73. The van der Waals surface area contributed by atoms with Crippen LogP contribution in [0.15, 0.2) is 59.8 Å². The van der Waals surface area contributed by atoms with E-state index in [2.05, 4.69) is 15.4 Å². The van der Waals surface area contributed by atoms with Crippen molar-refractivity contribution in [2.45, 2.75) is 0 Å². The highest BCUT2D eigenvalue weighted by Crippen LogP contribution is 2.26. The Kier molecular flexibility index (Phi) is 3.65. The molecule has 0 saturated heterocycles. The molecule has 0 unspecified atom stereocenters. The molecule has 0 radical (unpaired) electrons. The normalized spacial score (nSPS) is 12.0. The van der Waals surface area contributed by atoms with Crippen molar-refractivity contribution in [1.29, 1.82) is 0 Å². The maximum Gasteiger partial charge on any atom is 0.155 e. The summed E-state index contributed by atoms with van der Waals surface area (Å²) in [5.41, 5.74) is 8.88. The number of fused-ring (bicyclic) bond motifs is 3. The smallest absolute Gasteiger partial charge is 0.155 e. The number of aromatic nitrogens is 2. The van der Waals surface area contributed by atoms with Gasteiger partial charge in [-0.3, -0.25) is 0 Å². The summed E-state index contributed by atoms with van der Waals surface area (Å²) < 4.78 is 28.9. The molecule has 0 bridgehead atoms. The molecule has 6 nitrogen and oxygen atoms in total. The second-order valence-electron chi connectivity index (χ2n) is 5.72. The molecule has 130 valence electrons. The number of nitrogens with zero attached hydrogens (tertiary/aromatic N) is 3. The summed E-state index contributed by atoms with van der Waals surface area (Å²) in [6.45, 7) is 0. The highest BCUT2D eigenvalue weighted by Gasteiger charge is 2.11. The standard InChI is InChI=1S/C18H14F2N6/c19-11-7-12(20)9-13(8-11)23-18-16-2-1-5-26(16)15-4-3-10(17(21)25-22)6-14(15)24-18/h1-9H,22H2,(H2,21,25)(H,23,24). The van der Waals surface area contributed by atoms with Crippen molar-refractivity contribution in [2.75, 3.05) is 5.32 Å². The maximum absolute atomic E-state index is 13.5. The summed E-state index contributed by atoms with van der Waals surface area (Å²) in [7, 11) is 0. The van der Waals surface area contributed by atoms with Gasteiger partial charge in [-0.25, -0.2) is 13.8 Å².